The quantitative estimate of drug-likeness (QED) is 0.835. The van der Waals surface area contributed by atoms with Crippen molar-refractivity contribution < 1.29 is 9.18 Å². The molecular weight excluding hydrogens is 279 g/mol. The summed E-state index contributed by atoms with van der Waals surface area (Å²) in [6, 6.07) is 7.21. The molecule has 22 heavy (non-hydrogen) atoms. The molecule has 0 N–H and O–H groups in total. The lowest BCUT2D eigenvalue weighted by atomic mass is 10.1. The van der Waals surface area contributed by atoms with Gasteiger partial charge in [0.25, 0.3) is 0 Å². The minimum atomic E-state index is -0.229. The molecule has 1 amide bonds. The van der Waals surface area contributed by atoms with E-state index in [2.05, 4.69) is 11.8 Å². The lowest BCUT2D eigenvalue weighted by Crippen LogP contribution is -2.51. The molecule has 0 radical (unpaired) electrons. The monoisotopic (exact) mass is 304 g/mol. The van der Waals surface area contributed by atoms with E-state index in [-0.39, 0.29) is 11.7 Å². The Kier molecular flexibility index (Phi) is 4.77. The maximum atomic E-state index is 13.1. The van der Waals surface area contributed by atoms with Gasteiger partial charge in [0, 0.05) is 38.6 Å². The van der Waals surface area contributed by atoms with Gasteiger partial charge in [-0.15, -0.1) is 0 Å². The van der Waals surface area contributed by atoms with Crippen molar-refractivity contribution in [2.75, 3.05) is 26.2 Å². The molecule has 1 saturated carbocycles. The summed E-state index contributed by atoms with van der Waals surface area (Å²) in [6.07, 6.45) is 3.83. The third-order valence-electron chi connectivity index (χ3n) is 5.06. The SMILES string of the molecule is CC(C1CC1)N1CCN(C(=O)CCc2cccc(F)c2)CC1. The van der Waals surface area contributed by atoms with Gasteiger partial charge in [-0.05, 0) is 49.8 Å². The zero-order chi connectivity index (χ0) is 15.5. The predicted molar refractivity (Wildman–Crippen MR) is 85.1 cm³/mol. The predicted octanol–water partition coefficient (Wildman–Crippen LogP) is 2.70. The first-order chi connectivity index (χ1) is 10.6. The van der Waals surface area contributed by atoms with E-state index in [1.807, 2.05) is 11.0 Å². The van der Waals surface area contributed by atoms with E-state index < -0.39 is 0 Å². The summed E-state index contributed by atoms with van der Waals surface area (Å²) in [4.78, 5) is 16.8. The van der Waals surface area contributed by atoms with E-state index in [4.69, 9.17) is 0 Å². The van der Waals surface area contributed by atoms with Gasteiger partial charge in [0.2, 0.25) is 5.91 Å². The van der Waals surface area contributed by atoms with Crippen molar-refractivity contribution in [3.63, 3.8) is 0 Å². The fourth-order valence-electron chi connectivity index (χ4n) is 3.36. The third-order valence-corrected chi connectivity index (χ3v) is 5.06. The topological polar surface area (TPSA) is 23.6 Å². The van der Waals surface area contributed by atoms with Crippen molar-refractivity contribution in [1.82, 2.24) is 9.80 Å². The summed E-state index contributed by atoms with van der Waals surface area (Å²) >= 11 is 0. The second-order valence-corrected chi connectivity index (χ2v) is 6.62. The molecule has 1 aromatic rings. The van der Waals surface area contributed by atoms with Crippen molar-refractivity contribution in [3.05, 3.63) is 35.6 Å². The van der Waals surface area contributed by atoms with Crippen LogP contribution in [0.25, 0.3) is 0 Å². The lowest BCUT2D eigenvalue weighted by molar-refractivity contribution is -0.133. The highest BCUT2D eigenvalue weighted by atomic mass is 19.1. The van der Waals surface area contributed by atoms with Gasteiger partial charge in [-0.2, -0.15) is 0 Å². The van der Waals surface area contributed by atoms with Gasteiger partial charge in [-0.1, -0.05) is 12.1 Å². The average molecular weight is 304 g/mol. The minimum absolute atomic E-state index is 0.197. The van der Waals surface area contributed by atoms with Gasteiger partial charge < -0.3 is 4.90 Å². The van der Waals surface area contributed by atoms with E-state index >= 15 is 0 Å². The van der Waals surface area contributed by atoms with Crippen LogP contribution in [0.15, 0.2) is 24.3 Å². The van der Waals surface area contributed by atoms with Gasteiger partial charge in [-0.3, -0.25) is 9.69 Å². The van der Waals surface area contributed by atoms with Crippen molar-refractivity contribution in [2.24, 2.45) is 5.92 Å². The Hall–Kier alpha value is -1.42. The standard InChI is InChI=1S/C18H25FN2O/c1-14(16-6-7-16)20-9-11-21(12-10-20)18(22)8-5-15-3-2-4-17(19)13-15/h2-4,13-14,16H,5-12H2,1H3. The molecule has 0 aromatic heterocycles. The summed E-state index contributed by atoms with van der Waals surface area (Å²) in [6.45, 7) is 5.96. The third kappa shape index (κ3) is 3.86. The number of halogens is 1. The van der Waals surface area contributed by atoms with Crippen LogP contribution in [0.1, 0.15) is 31.7 Å². The van der Waals surface area contributed by atoms with E-state index in [1.54, 1.807) is 6.07 Å². The largest absolute Gasteiger partial charge is 0.340 e. The number of nitrogens with zero attached hydrogens (tertiary/aromatic N) is 2. The molecule has 1 aliphatic carbocycles. The van der Waals surface area contributed by atoms with Gasteiger partial charge in [-0.25, -0.2) is 4.39 Å². The second kappa shape index (κ2) is 6.78. The maximum absolute atomic E-state index is 13.1. The zero-order valence-electron chi connectivity index (χ0n) is 13.3. The van der Waals surface area contributed by atoms with E-state index in [0.29, 0.717) is 18.9 Å². The van der Waals surface area contributed by atoms with Crippen molar-refractivity contribution >= 4 is 5.91 Å². The zero-order valence-corrected chi connectivity index (χ0v) is 13.3. The van der Waals surface area contributed by atoms with Crippen LogP contribution >= 0.6 is 0 Å². The van der Waals surface area contributed by atoms with Gasteiger partial charge in [0.15, 0.2) is 0 Å². The molecule has 3 nitrogen and oxygen atoms in total. The van der Waals surface area contributed by atoms with Crippen LogP contribution in [0, 0.1) is 11.7 Å². The number of carbonyl (C=O) groups excluding carboxylic acids is 1. The summed E-state index contributed by atoms with van der Waals surface area (Å²) in [5, 5.41) is 0. The molecule has 0 bridgehead atoms. The van der Waals surface area contributed by atoms with Crippen LogP contribution in [0.4, 0.5) is 4.39 Å². The van der Waals surface area contributed by atoms with Crippen LogP contribution in [0.2, 0.25) is 0 Å². The first-order valence-corrected chi connectivity index (χ1v) is 8.40. The normalized spacial score (nSPS) is 20.9. The number of piperazine rings is 1. The molecule has 2 aliphatic rings. The first kappa shape index (κ1) is 15.5. The molecule has 1 aromatic carbocycles. The Morgan fingerprint density at radius 3 is 2.64 bits per heavy atom. The minimum Gasteiger partial charge on any atom is -0.340 e. The Labute approximate surface area is 132 Å². The van der Waals surface area contributed by atoms with E-state index in [9.17, 15) is 9.18 Å². The molecule has 1 unspecified atom stereocenters. The average Bonchev–Trinajstić information content (AvgIpc) is 3.37. The summed E-state index contributed by atoms with van der Waals surface area (Å²) in [7, 11) is 0. The smallest absolute Gasteiger partial charge is 0.222 e. The maximum Gasteiger partial charge on any atom is 0.222 e. The molecule has 2 fully saturated rings. The van der Waals surface area contributed by atoms with Gasteiger partial charge in [0.1, 0.15) is 5.82 Å². The number of rotatable bonds is 5. The molecule has 0 spiro atoms. The molecule has 1 heterocycles. The van der Waals surface area contributed by atoms with Crippen LogP contribution in [-0.2, 0) is 11.2 Å². The van der Waals surface area contributed by atoms with Gasteiger partial charge in [0.05, 0.1) is 0 Å². The van der Waals surface area contributed by atoms with Crippen LogP contribution in [0.3, 0.4) is 0 Å². The van der Waals surface area contributed by atoms with Crippen LogP contribution in [0.5, 0.6) is 0 Å². The highest BCUT2D eigenvalue weighted by molar-refractivity contribution is 5.76. The fourth-order valence-corrected chi connectivity index (χ4v) is 3.36. The molecule has 3 rings (SSSR count). The number of aryl methyl sites for hydroxylation is 1. The van der Waals surface area contributed by atoms with E-state index in [0.717, 1.165) is 37.7 Å². The van der Waals surface area contributed by atoms with E-state index in [1.165, 1.54) is 25.0 Å². The van der Waals surface area contributed by atoms with Crippen molar-refractivity contribution in [2.45, 2.75) is 38.6 Å². The number of benzene rings is 1. The number of carbonyl (C=O) groups is 1. The summed E-state index contributed by atoms with van der Waals surface area (Å²) < 4.78 is 13.1. The Morgan fingerprint density at radius 2 is 2.00 bits per heavy atom. The summed E-state index contributed by atoms with van der Waals surface area (Å²) in [5.74, 6) is 0.853. The van der Waals surface area contributed by atoms with Crippen molar-refractivity contribution in [1.29, 1.82) is 0 Å². The van der Waals surface area contributed by atoms with Gasteiger partial charge >= 0.3 is 0 Å². The van der Waals surface area contributed by atoms with Crippen LogP contribution < -0.4 is 0 Å². The molecule has 1 aliphatic heterocycles. The Balaban J connectivity index is 1.43. The second-order valence-electron chi connectivity index (χ2n) is 6.62. The highest BCUT2D eigenvalue weighted by Crippen LogP contribution is 2.35. The summed E-state index contributed by atoms with van der Waals surface area (Å²) in [5.41, 5.74) is 0.898. The molecule has 4 heteroatoms. The molecular formula is C18H25FN2O. The van der Waals surface area contributed by atoms with Crippen molar-refractivity contribution in [3.8, 4) is 0 Å². The highest BCUT2D eigenvalue weighted by Gasteiger charge is 2.33. The Morgan fingerprint density at radius 1 is 1.27 bits per heavy atom. The number of hydrogen-bond acceptors (Lipinski definition) is 2. The van der Waals surface area contributed by atoms with Crippen LogP contribution in [-0.4, -0.2) is 47.9 Å². The number of hydrogen-bond donors (Lipinski definition) is 0. The Bertz CT molecular complexity index is 522. The number of amides is 1. The molecule has 120 valence electrons. The molecule has 1 atom stereocenters. The first-order valence-electron chi connectivity index (χ1n) is 8.40. The molecule has 1 saturated heterocycles. The lowest BCUT2D eigenvalue weighted by Gasteiger charge is -2.38. The fraction of sp³-hybridized carbons (Fsp3) is 0.611.